The van der Waals surface area contributed by atoms with E-state index in [1.807, 2.05) is 29.2 Å². The van der Waals surface area contributed by atoms with Crippen LogP contribution in [0, 0.1) is 17.5 Å². The van der Waals surface area contributed by atoms with Gasteiger partial charge in [-0.3, -0.25) is 9.25 Å². The van der Waals surface area contributed by atoms with Gasteiger partial charge in [0.15, 0.2) is 23.3 Å². The Balaban J connectivity index is 1.59. The molecule has 1 aliphatic heterocycles. The van der Waals surface area contributed by atoms with Crippen LogP contribution in [0.1, 0.15) is 22.5 Å². The first kappa shape index (κ1) is 23.5. The quantitative estimate of drug-likeness (QED) is 0.390. The Kier molecular flexibility index (Phi) is 6.17. The zero-order valence-electron chi connectivity index (χ0n) is 19.4. The SMILES string of the molecule is Cn1cnc(Cn2c(=O)nc(N3CCc4ccccc4CC3)n(Cc3cc(F)c(F)c(F)c3)c2=O)n1. The lowest BCUT2D eigenvalue weighted by atomic mass is 10.0. The van der Waals surface area contributed by atoms with Crippen molar-refractivity contribution in [2.24, 2.45) is 7.05 Å². The molecule has 186 valence electrons. The first-order chi connectivity index (χ1) is 17.3. The highest BCUT2D eigenvalue weighted by Crippen LogP contribution is 2.20. The van der Waals surface area contributed by atoms with E-state index in [2.05, 4.69) is 15.1 Å². The first-order valence-corrected chi connectivity index (χ1v) is 11.3. The second-order valence-electron chi connectivity index (χ2n) is 8.61. The zero-order chi connectivity index (χ0) is 25.4. The molecule has 5 rings (SSSR count). The maximum Gasteiger partial charge on any atom is 0.355 e. The van der Waals surface area contributed by atoms with Crippen LogP contribution in [0.5, 0.6) is 0 Å². The lowest BCUT2D eigenvalue weighted by molar-refractivity contribution is 0.444. The summed E-state index contributed by atoms with van der Waals surface area (Å²) in [4.78, 5) is 36.6. The summed E-state index contributed by atoms with van der Waals surface area (Å²) in [6.45, 7) is 0.389. The van der Waals surface area contributed by atoms with Crippen LogP contribution in [0.2, 0.25) is 0 Å². The summed E-state index contributed by atoms with van der Waals surface area (Å²) in [5.41, 5.74) is 0.786. The first-order valence-electron chi connectivity index (χ1n) is 11.3. The summed E-state index contributed by atoms with van der Waals surface area (Å²) in [6.07, 6.45) is 2.75. The number of anilines is 1. The van der Waals surface area contributed by atoms with E-state index in [1.165, 1.54) is 15.6 Å². The van der Waals surface area contributed by atoms with E-state index in [0.29, 0.717) is 25.9 Å². The number of hydrogen-bond acceptors (Lipinski definition) is 6. The third kappa shape index (κ3) is 4.53. The van der Waals surface area contributed by atoms with E-state index in [0.717, 1.165) is 27.8 Å². The Morgan fingerprint density at radius 2 is 1.56 bits per heavy atom. The molecule has 2 aromatic heterocycles. The second kappa shape index (κ2) is 9.44. The summed E-state index contributed by atoms with van der Waals surface area (Å²) in [7, 11) is 1.65. The van der Waals surface area contributed by atoms with Crippen molar-refractivity contribution in [3.05, 3.63) is 104 Å². The molecule has 0 N–H and O–H groups in total. The van der Waals surface area contributed by atoms with Crippen molar-refractivity contribution in [1.29, 1.82) is 0 Å². The lowest BCUT2D eigenvalue weighted by Crippen LogP contribution is -2.46. The zero-order valence-corrected chi connectivity index (χ0v) is 19.4. The summed E-state index contributed by atoms with van der Waals surface area (Å²) in [6, 6.07) is 9.61. The average molecular weight is 497 g/mol. The van der Waals surface area contributed by atoms with Gasteiger partial charge in [-0.25, -0.2) is 32.3 Å². The van der Waals surface area contributed by atoms with Crippen LogP contribution in [0.25, 0.3) is 0 Å². The highest BCUT2D eigenvalue weighted by molar-refractivity contribution is 5.37. The van der Waals surface area contributed by atoms with Gasteiger partial charge in [-0.1, -0.05) is 24.3 Å². The molecule has 0 aliphatic carbocycles. The number of hydrogen-bond donors (Lipinski definition) is 0. The van der Waals surface area contributed by atoms with Crippen LogP contribution in [0.4, 0.5) is 19.1 Å². The van der Waals surface area contributed by atoms with E-state index in [-0.39, 0.29) is 30.4 Å². The topological polar surface area (TPSA) is 90.8 Å². The van der Waals surface area contributed by atoms with Crippen molar-refractivity contribution >= 4 is 5.95 Å². The minimum atomic E-state index is -1.60. The van der Waals surface area contributed by atoms with E-state index in [9.17, 15) is 22.8 Å². The molecule has 0 fully saturated rings. The van der Waals surface area contributed by atoms with Crippen LogP contribution >= 0.6 is 0 Å². The standard InChI is InChI=1S/C24H22F3N7O2/c1-31-14-28-20(30-31)13-34-23(35)29-22(32-8-6-16-4-2-3-5-17(16)7-9-32)33(24(34)36)12-15-10-18(25)21(27)19(26)11-15/h2-5,10-11,14H,6-9,12-13H2,1H3. The number of rotatable bonds is 5. The molecule has 0 radical (unpaired) electrons. The fraction of sp³-hybridized carbons (Fsp3) is 0.292. The Bertz CT molecular complexity index is 1510. The number of halogens is 3. The molecule has 0 atom stereocenters. The molecule has 4 aromatic rings. The normalized spacial score (nSPS) is 13.5. The van der Waals surface area contributed by atoms with Gasteiger partial charge in [0, 0.05) is 20.1 Å². The fourth-order valence-electron chi connectivity index (χ4n) is 4.38. The monoisotopic (exact) mass is 497 g/mol. The molecule has 0 unspecified atom stereocenters. The molecule has 0 saturated heterocycles. The van der Waals surface area contributed by atoms with Gasteiger partial charge in [-0.2, -0.15) is 10.1 Å². The van der Waals surface area contributed by atoms with E-state index >= 15 is 0 Å². The molecule has 9 nitrogen and oxygen atoms in total. The Labute approximate surface area is 203 Å². The smallest absolute Gasteiger partial charge is 0.341 e. The summed E-state index contributed by atoms with van der Waals surface area (Å²) in [5.74, 6) is -4.04. The van der Waals surface area contributed by atoms with Crippen molar-refractivity contribution in [2.75, 3.05) is 18.0 Å². The van der Waals surface area contributed by atoms with Crippen LogP contribution in [0.3, 0.4) is 0 Å². The number of benzene rings is 2. The van der Waals surface area contributed by atoms with E-state index in [1.54, 1.807) is 7.05 Å². The predicted octanol–water partition coefficient (Wildman–Crippen LogP) is 1.65. The van der Waals surface area contributed by atoms with E-state index < -0.39 is 28.8 Å². The number of fused-ring (bicyclic) bond motifs is 1. The van der Waals surface area contributed by atoms with Crippen molar-refractivity contribution in [1.82, 2.24) is 28.9 Å². The van der Waals surface area contributed by atoms with Crippen LogP contribution < -0.4 is 16.3 Å². The summed E-state index contributed by atoms with van der Waals surface area (Å²) < 4.78 is 44.9. The van der Waals surface area contributed by atoms with Gasteiger partial charge < -0.3 is 4.90 Å². The molecule has 0 saturated carbocycles. The lowest BCUT2D eigenvalue weighted by Gasteiger charge is -2.25. The van der Waals surface area contributed by atoms with Gasteiger partial charge >= 0.3 is 11.4 Å². The molecule has 0 bridgehead atoms. The average Bonchev–Trinajstić information content (AvgIpc) is 3.14. The molecule has 0 amide bonds. The van der Waals surface area contributed by atoms with Gasteiger partial charge in [0.25, 0.3) is 0 Å². The fourth-order valence-corrected chi connectivity index (χ4v) is 4.38. The molecule has 2 aromatic carbocycles. The third-order valence-electron chi connectivity index (χ3n) is 6.16. The Hall–Kier alpha value is -4.22. The third-order valence-corrected chi connectivity index (χ3v) is 6.16. The maximum atomic E-state index is 13.9. The van der Waals surface area contributed by atoms with Gasteiger partial charge in [-0.05, 0) is 41.7 Å². The van der Waals surface area contributed by atoms with Crippen molar-refractivity contribution in [3.8, 4) is 0 Å². The van der Waals surface area contributed by atoms with Crippen molar-refractivity contribution < 1.29 is 13.2 Å². The number of aryl methyl sites for hydroxylation is 1. The number of aromatic nitrogens is 6. The molecule has 1 aliphatic rings. The molecule has 0 spiro atoms. The minimum absolute atomic E-state index is 0.0100. The predicted molar refractivity (Wildman–Crippen MR) is 124 cm³/mol. The molecule has 12 heteroatoms. The Morgan fingerprint density at radius 3 is 2.14 bits per heavy atom. The van der Waals surface area contributed by atoms with Gasteiger partial charge in [-0.15, -0.1) is 0 Å². The summed E-state index contributed by atoms with van der Waals surface area (Å²) in [5, 5.41) is 4.10. The molecular formula is C24H22F3N7O2. The number of nitrogens with zero attached hydrogens (tertiary/aromatic N) is 7. The van der Waals surface area contributed by atoms with Crippen molar-refractivity contribution in [2.45, 2.75) is 25.9 Å². The minimum Gasteiger partial charge on any atom is -0.341 e. The van der Waals surface area contributed by atoms with Crippen LogP contribution in [-0.4, -0.2) is 42.0 Å². The van der Waals surface area contributed by atoms with Crippen LogP contribution in [0.15, 0.2) is 52.3 Å². The second-order valence-corrected chi connectivity index (χ2v) is 8.61. The van der Waals surface area contributed by atoms with E-state index in [4.69, 9.17) is 0 Å². The highest BCUT2D eigenvalue weighted by atomic mass is 19.2. The molecular weight excluding hydrogens is 475 g/mol. The van der Waals surface area contributed by atoms with Gasteiger partial charge in [0.2, 0.25) is 5.95 Å². The van der Waals surface area contributed by atoms with Gasteiger partial charge in [0.05, 0.1) is 13.1 Å². The largest absolute Gasteiger partial charge is 0.355 e. The maximum absolute atomic E-state index is 13.9. The molecule has 3 heterocycles. The van der Waals surface area contributed by atoms with Gasteiger partial charge in [0.1, 0.15) is 6.33 Å². The van der Waals surface area contributed by atoms with Crippen LogP contribution in [-0.2, 0) is 33.0 Å². The Morgan fingerprint density at radius 1 is 0.917 bits per heavy atom. The summed E-state index contributed by atoms with van der Waals surface area (Å²) >= 11 is 0. The highest BCUT2D eigenvalue weighted by Gasteiger charge is 2.23. The molecule has 36 heavy (non-hydrogen) atoms. The van der Waals surface area contributed by atoms with Crippen molar-refractivity contribution in [3.63, 3.8) is 0 Å².